The Balaban J connectivity index is 1.35. The van der Waals surface area contributed by atoms with Crippen LogP contribution in [0.25, 0.3) is 11.0 Å². The van der Waals surface area contributed by atoms with Crippen LogP contribution in [0.5, 0.6) is 0 Å². The second-order valence-electron chi connectivity index (χ2n) is 7.98. The average molecular weight is 368 g/mol. The van der Waals surface area contributed by atoms with E-state index in [0.29, 0.717) is 31.3 Å². The third kappa shape index (κ3) is 3.73. The zero-order valence-corrected chi connectivity index (χ0v) is 15.9. The lowest BCUT2D eigenvalue weighted by Crippen LogP contribution is -2.48. The summed E-state index contributed by atoms with van der Waals surface area (Å²) < 4.78 is 11.1. The number of hydrogen-bond acceptors (Lipinski definition) is 6. The van der Waals surface area contributed by atoms with Gasteiger partial charge in [-0.15, -0.1) is 0 Å². The molecule has 0 unspecified atom stereocenters. The number of hydrogen-bond donors (Lipinski definition) is 0. The molecule has 1 aromatic carbocycles. The van der Waals surface area contributed by atoms with Gasteiger partial charge in [0.25, 0.3) is 5.91 Å². The maximum atomic E-state index is 12.7. The summed E-state index contributed by atoms with van der Waals surface area (Å²) in [6.07, 6.45) is 0. The smallest absolute Gasteiger partial charge is 0.289 e. The van der Waals surface area contributed by atoms with Crippen molar-refractivity contribution in [3.63, 3.8) is 0 Å². The van der Waals surface area contributed by atoms with Gasteiger partial charge in [0.1, 0.15) is 5.58 Å². The molecule has 27 heavy (non-hydrogen) atoms. The van der Waals surface area contributed by atoms with Gasteiger partial charge in [-0.05, 0) is 12.1 Å². The van der Waals surface area contributed by atoms with Crippen molar-refractivity contribution in [1.29, 1.82) is 0 Å². The molecule has 0 saturated carbocycles. The fourth-order valence-electron chi connectivity index (χ4n) is 3.17. The Morgan fingerprint density at radius 1 is 1.15 bits per heavy atom. The molecule has 0 spiro atoms. The van der Waals surface area contributed by atoms with Crippen molar-refractivity contribution in [1.82, 2.24) is 19.9 Å². The van der Waals surface area contributed by atoms with Gasteiger partial charge in [-0.25, -0.2) is 0 Å². The molecule has 3 heterocycles. The average Bonchev–Trinajstić information content (AvgIpc) is 3.28. The second kappa shape index (κ2) is 6.81. The molecule has 1 saturated heterocycles. The minimum Gasteiger partial charge on any atom is -0.451 e. The Hall–Kier alpha value is -2.67. The molecule has 0 aliphatic carbocycles. The van der Waals surface area contributed by atoms with Gasteiger partial charge in [0.05, 0.1) is 6.54 Å². The molecule has 3 aromatic rings. The molecule has 1 fully saturated rings. The van der Waals surface area contributed by atoms with Gasteiger partial charge < -0.3 is 13.8 Å². The van der Waals surface area contributed by atoms with Crippen LogP contribution in [0.2, 0.25) is 0 Å². The zero-order valence-electron chi connectivity index (χ0n) is 15.9. The Kier molecular flexibility index (Phi) is 4.47. The lowest BCUT2D eigenvalue weighted by Gasteiger charge is -2.33. The molecule has 0 atom stereocenters. The molecule has 0 N–H and O–H groups in total. The number of carbonyl (C=O) groups excluding carboxylic acids is 1. The molecular formula is C20H24N4O3. The van der Waals surface area contributed by atoms with Gasteiger partial charge in [0.15, 0.2) is 11.6 Å². The van der Waals surface area contributed by atoms with Crippen molar-refractivity contribution in [2.45, 2.75) is 32.7 Å². The summed E-state index contributed by atoms with van der Waals surface area (Å²) in [5.74, 6) is 1.68. The van der Waals surface area contributed by atoms with Crippen LogP contribution in [-0.2, 0) is 12.0 Å². The summed E-state index contributed by atoms with van der Waals surface area (Å²) in [4.78, 5) is 21.3. The van der Waals surface area contributed by atoms with Gasteiger partial charge in [0.2, 0.25) is 5.89 Å². The molecule has 2 aromatic heterocycles. The summed E-state index contributed by atoms with van der Waals surface area (Å²) in [6, 6.07) is 9.48. The van der Waals surface area contributed by atoms with E-state index in [1.54, 1.807) is 0 Å². The fraction of sp³-hybridized carbons (Fsp3) is 0.450. The third-order valence-corrected chi connectivity index (χ3v) is 4.79. The van der Waals surface area contributed by atoms with E-state index in [1.807, 2.05) is 35.2 Å². The van der Waals surface area contributed by atoms with E-state index in [9.17, 15) is 4.79 Å². The van der Waals surface area contributed by atoms with E-state index in [0.717, 1.165) is 29.9 Å². The van der Waals surface area contributed by atoms with Gasteiger partial charge in [-0.2, -0.15) is 4.98 Å². The Labute approximate surface area is 157 Å². The van der Waals surface area contributed by atoms with Crippen LogP contribution >= 0.6 is 0 Å². The summed E-state index contributed by atoms with van der Waals surface area (Å²) >= 11 is 0. The fourth-order valence-corrected chi connectivity index (χ4v) is 3.17. The monoisotopic (exact) mass is 368 g/mol. The van der Waals surface area contributed by atoms with Gasteiger partial charge in [-0.1, -0.05) is 44.1 Å². The number of furan rings is 1. The highest BCUT2D eigenvalue weighted by atomic mass is 16.5. The standard InChI is InChI=1S/C20H24N4O3/c1-20(2,3)19-21-17(27-22-19)13-23-8-10-24(11-9-23)18(25)16-12-14-6-4-5-7-15(14)26-16/h4-7,12H,8-11,13H2,1-3H3. The highest BCUT2D eigenvalue weighted by molar-refractivity contribution is 5.96. The number of piperazine rings is 1. The van der Waals surface area contributed by atoms with Crippen molar-refractivity contribution in [3.05, 3.63) is 47.8 Å². The molecule has 4 rings (SSSR count). The lowest BCUT2D eigenvalue weighted by molar-refractivity contribution is 0.0587. The Bertz CT molecular complexity index is 912. The second-order valence-corrected chi connectivity index (χ2v) is 7.98. The van der Waals surface area contributed by atoms with Crippen LogP contribution in [-0.4, -0.2) is 52.0 Å². The largest absolute Gasteiger partial charge is 0.451 e. The third-order valence-electron chi connectivity index (χ3n) is 4.79. The molecule has 0 radical (unpaired) electrons. The quantitative estimate of drug-likeness (QED) is 0.707. The summed E-state index contributed by atoms with van der Waals surface area (Å²) in [6.45, 7) is 9.61. The number of nitrogens with zero attached hydrogens (tertiary/aromatic N) is 4. The van der Waals surface area contributed by atoms with Crippen molar-refractivity contribution in [3.8, 4) is 0 Å². The molecule has 1 aliphatic heterocycles. The predicted molar refractivity (Wildman–Crippen MR) is 100 cm³/mol. The number of para-hydroxylation sites is 1. The number of rotatable bonds is 3. The molecule has 7 heteroatoms. The normalized spacial score (nSPS) is 16.2. The van der Waals surface area contributed by atoms with Gasteiger partial charge >= 0.3 is 0 Å². The van der Waals surface area contributed by atoms with Crippen molar-refractivity contribution in [2.24, 2.45) is 0 Å². The van der Waals surface area contributed by atoms with Crippen LogP contribution in [0.1, 0.15) is 43.0 Å². The first-order chi connectivity index (χ1) is 12.9. The first-order valence-electron chi connectivity index (χ1n) is 9.23. The summed E-state index contributed by atoms with van der Waals surface area (Å²) in [5, 5.41) is 5.02. The number of carbonyl (C=O) groups is 1. The van der Waals surface area contributed by atoms with E-state index in [1.165, 1.54) is 0 Å². The molecule has 1 amide bonds. The molecule has 7 nitrogen and oxygen atoms in total. The number of amides is 1. The van der Waals surface area contributed by atoms with Gasteiger partial charge in [0, 0.05) is 37.0 Å². The van der Waals surface area contributed by atoms with Crippen molar-refractivity contribution >= 4 is 16.9 Å². The van der Waals surface area contributed by atoms with Crippen LogP contribution in [0.3, 0.4) is 0 Å². The maximum Gasteiger partial charge on any atom is 0.289 e. The summed E-state index contributed by atoms with van der Waals surface area (Å²) in [7, 11) is 0. The predicted octanol–water partition coefficient (Wildman–Crippen LogP) is 3.07. The van der Waals surface area contributed by atoms with Crippen LogP contribution in [0.15, 0.2) is 39.3 Å². The maximum absolute atomic E-state index is 12.7. The highest BCUT2D eigenvalue weighted by Gasteiger charge is 2.26. The molecule has 1 aliphatic rings. The van der Waals surface area contributed by atoms with E-state index < -0.39 is 0 Å². The highest BCUT2D eigenvalue weighted by Crippen LogP contribution is 2.21. The minimum absolute atomic E-state index is 0.0568. The minimum atomic E-state index is -0.126. The SMILES string of the molecule is CC(C)(C)c1noc(CN2CCN(C(=O)c3cc4ccccc4o3)CC2)n1. The molecular weight excluding hydrogens is 344 g/mol. The first-order valence-corrected chi connectivity index (χ1v) is 9.23. The zero-order chi connectivity index (χ0) is 19.0. The van der Waals surface area contributed by atoms with Crippen molar-refractivity contribution in [2.75, 3.05) is 26.2 Å². The van der Waals surface area contributed by atoms with E-state index in [4.69, 9.17) is 8.94 Å². The lowest BCUT2D eigenvalue weighted by atomic mass is 9.96. The Morgan fingerprint density at radius 3 is 2.56 bits per heavy atom. The first kappa shape index (κ1) is 17.7. The van der Waals surface area contributed by atoms with E-state index in [-0.39, 0.29) is 11.3 Å². The molecule has 142 valence electrons. The van der Waals surface area contributed by atoms with Crippen LogP contribution in [0.4, 0.5) is 0 Å². The van der Waals surface area contributed by atoms with E-state index in [2.05, 4.69) is 35.8 Å². The number of aromatic nitrogens is 2. The topological polar surface area (TPSA) is 75.6 Å². The summed E-state index contributed by atoms with van der Waals surface area (Å²) in [5.41, 5.74) is 0.616. The molecule has 0 bridgehead atoms. The van der Waals surface area contributed by atoms with Crippen LogP contribution < -0.4 is 0 Å². The number of benzene rings is 1. The van der Waals surface area contributed by atoms with Crippen molar-refractivity contribution < 1.29 is 13.7 Å². The van der Waals surface area contributed by atoms with Crippen LogP contribution in [0, 0.1) is 0 Å². The van der Waals surface area contributed by atoms with Gasteiger partial charge in [-0.3, -0.25) is 9.69 Å². The Morgan fingerprint density at radius 2 is 1.89 bits per heavy atom. The number of fused-ring (bicyclic) bond motifs is 1. The van der Waals surface area contributed by atoms with E-state index >= 15 is 0 Å².